The number of hydrogen-bond donors (Lipinski definition) is 1. The minimum absolute atomic E-state index is 0.00784. The van der Waals surface area contributed by atoms with Crippen molar-refractivity contribution in [3.8, 4) is 0 Å². The Kier molecular flexibility index (Phi) is 5.20. The van der Waals surface area contributed by atoms with Gasteiger partial charge in [0, 0.05) is 23.4 Å². The van der Waals surface area contributed by atoms with E-state index in [0.29, 0.717) is 17.3 Å². The first-order chi connectivity index (χ1) is 10.1. The lowest BCUT2D eigenvalue weighted by molar-refractivity contribution is -0.123. The van der Waals surface area contributed by atoms with Crippen LogP contribution < -0.4 is 10.6 Å². The maximum absolute atomic E-state index is 12.0. The van der Waals surface area contributed by atoms with Gasteiger partial charge >= 0.3 is 0 Å². The molecule has 0 atom stereocenters. The number of halogens is 1. The van der Waals surface area contributed by atoms with Gasteiger partial charge in [0.25, 0.3) is 5.91 Å². The van der Waals surface area contributed by atoms with Crippen molar-refractivity contribution in [2.24, 2.45) is 0 Å². The predicted molar refractivity (Wildman–Crippen MR) is 85.4 cm³/mol. The van der Waals surface area contributed by atoms with E-state index in [4.69, 9.17) is 22.1 Å². The molecule has 2 N–H and O–H groups in total. The van der Waals surface area contributed by atoms with Crippen LogP contribution in [0.15, 0.2) is 48.5 Å². The number of hydrogen-bond acceptors (Lipinski definition) is 3. The van der Waals surface area contributed by atoms with E-state index < -0.39 is 0 Å². The summed E-state index contributed by atoms with van der Waals surface area (Å²) in [7, 11) is 1.70. The van der Waals surface area contributed by atoms with Crippen LogP contribution in [0.25, 0.3) is 0 Å². The summed E-state index contributed by atoms with van der Waals surface area (Å²) in [6.07, 6.45) is 0. The maximum atomic E-state index is 12.0. The van der Waals surface area contributed by atoms with Crippen molar-refractivity contribution in [3.05, 3.63) is 59.1 Å². The zero-order chi connectivity index (χ0) is 15.2. The standard InChI is InChI=1S/C16H17ClN2O2/c1-19(14-8-6-13(18)7-9-14)16(20)11-21-10-12-4-2-3-5-15(12)17/h2-9H,10-11,18H2,1H3. The summed E-state index contributed by atoms with van der Waals surface area (Å²) in [5.41, 5.74) is 7.92. The van der Waals surface area contributed by atoms with Crippen LogP contribution in [0, 0.1) is 0 Å². The van der Waals surface area contributed by atoms with Crippen LogP contribution in [0.2, 0.25) is 5.02 Å². The summed E-state index contributed by atoms with van der Waals surface area (Å²) in [6.45, 7) is 0.299. The third-order valence-corrected chi connectivity index (χ3v) is 3.46. The van der Waals surface area contributed by atoms with E-state index >= 15 is 0 Å². The number of rotatable bonds is 5. The fourth-order valence-corrected chi connectivity index (χ4v) is 1.99. The Hall–Kier alpha value is -2.04. The summed E-state index contributed by atoms with van der Waals surface area (Å²) in [5.74, 6) is -0.133. The molecule has 2 rings (SSSR count). The average molecular weight is 305 g/mol. The highest BCUT2D eigenvalue weighted by molar-refractivity contribution is 6.31. The van der Waals surface area contributed by atoms with Crippen LogP contribution >= 0.6 is 11.6 Å². The number of carbonyl (C=O) groups excluding carboxylic acids is 1. The number of nitrogen functional groups attached to an aromatic ring is 1. The summed E-state index contributed by atoms with van der Waals surface area (Å²) in [6, 6.07) is 14.5. The molecule has 4 nitrogen and oxygen atoms in total. The lowest BCUT2D eigenvalue weighted by atomic mass is 10.2. The minimum Gasteiger partial charge on any atom is -0.399 e. The predicted octanol–water partition coefficient (Wildman–Crippen LogP) is 3.10. The van der Waals surface area contributed by atoms with Crippen molar-refractivity contribution < 1.29 is 9.53 Å². The van der Waals surface area contributed by atoms with E-state index in [0.717, 1.165) is 11.3 Å². The normalized spacial score (nSPS) is 10.4. The summed E-state index contributed by atoms with van der Waals surface area (Å²) in [4.78, 5) is 13.6. The van der Waals surface area contributed by atoms with Crippen LogP contribution in [0.4, 0.5) is 11.4 Å². The van der Waals surface area contributed by atoms with Gasteiger partial charge in [-0.05, 0) is 35.9 Å². The van der Waals surface area contributed by atoms with Crippen molar-refractivity contribution in [1.29, 1.82) is 0 Å². The Labute approximate surface area is 129 Å². The molecule has 0 fully saturated rings. The summed E-state index contributed by atoms with van der Waals surface area (Å²) >= 11 is 6.03. The molecule has 0 aliphatic carbocycles. The van der Waals surface area contributed by atoms with E-state index in [1.165, 1.54) is 4.90 Å². The largest absolute Gasteiger partial charge is 0.399 e. The van der Waals surface area contributed by atoms with Gasteiger partial charge in [0.15, 0.2) is 0 Å². The molecule has 5 heteroatoms. The first-order valence-electron chi connectivity index (χ1n) is 6.51. The molecular weight excluding hydrogens is 288 g/mol. The van der Waals surface area contributed by atoms with Crippen LogP contribution in [0.5, 0.6) is 0 Å². The highest BCUT2D eigenvalue weighted by atomic mass is 35.5. The Morgan fingerprint density at radius 2 is 1.86 bits per heavy atom. The number of nitrogens with zero attached hydrogens (tertiary/aromatic N) is 1. The number of nitrogens with two attached hydrogens (primary N) is 1. The zero-order valence-electron chi connectivity index (χ0n) is 11.8. The molecule has 110 valence electrons. The monoisotopic (exact) mass is 304 g/mol. The average Bonchev–Trinajstić information content (AvgIpc) is 2.49. The van der Waals surface area contributed by atoms with E-state index in [9.17, 15) is 4.79 Å². The molecule has 0 unspecified atom stereocenters. The molecule has 21 heavy (non-hydrogen) atoms. The molecule has 0 aliphatic rings. The lowest BCUT2D eigenvalue weighted by Crippen LogP contribution is -2.30. The molecule has 1 amide bonds. The Balaban J connectivity index is 1.87. The van der Waals surface area contributed by atoms with Crippen molar-refractivity contribution in [2.75, 3.05) is 24.3 Å². The van der Waals surface area contributed by atoms with E-state index in [1.807, 2.05) is 18.2 Å². The second kappa shape index (κ2) is 7.11. The lowest BCUT2D eigenvalue weighted by Gasteiger charge is -2.17. The van der Waals surface area contributed by atoms with Gasteiger partial charge < -0.3 is 15.4 Å². The van der Waals surface area contributed by atoms with Gasteiger partial charge in [-0.2, -0.15) is 0 Å². The quantitative estimate of drug-likeness (QED) is 0.864. The van der Waals surface area contributed by atoms with Crippen LogP contribution in [0.1, 0.15) is 5.56 Å². The Morgan fingerprint density at radius 1 is 1.19 bits per heavy atom. The maximum Gasteiger partial charge on any atom is 0.252 e. The third-order valence-electron chi connectivity index (χ3n) is 3.10. The molecular formula is C16H17ClN2O2. The zero-order valence-corrected chi connectivity index (χ0v) is 12.5. The number of carbonyl (C=O) groups is 1. The van der Waals surface area contributed by atoms with Gasteiger partial charge in [-0.25, -0.2) is 0 Å². The van der Waals surface area contributed by atoms with Crippen molar-refractivity contribution in [2.45, 2.75) is 6.61 Å². The van der Waals surface area contributed by atoms with Gasteiger partial charge in [0.1, 0.15) is 6.61 Å². The molecule has 0 saturated heterocycles. The van der Waals surface area contributed by atoms with E-state index in [-0.39, 0.29) is 12.5 Å². The molecule has 0 bridgehead atoms. The highest BCUT2D eigenvalue weighted by Crippen LogP contribution is 2.17. The SMILES string of the molecule is CN(C(=O)COCc1ccccc1Cl)c1ccc(N)cc1. The van der Waals surface area contributed by atoms with Crippen LogP contribution in [-0.2, 0) is 16.1 Å². The second-order valence-electron chi connectivity index (χ2n) is 4.63. The van der Waals surface area contributed by atoms with Crippen molar-refractivity contribution in [3.63, 3.8) is 0 Å². The van der Waals surface area contributed by atoms with E-state index in [1.54, 1.807) is 37.4 Å². The van der Waals surface area contributed by atoms with E-state index in [2.05, 4.69) is 0 Å². The Morgan fingerprint density at radius 3 is 2.52 bits per heavy atom. The van der Waals surface area contributed by atoms with Gasteiger partial charge in [-0.3, -0.25) is 4.79 Å². The molecule has 0 saturated carbocycles. The molecule has 0 radical (unpaired) electrons. The molecule has 2 aromatic carbocycles. The number of anilines is 2. The fourth-order valence-electron chi connectivity index (χ4n) is 1.80. The summed E-state index contributed by atoms with van der Waals surface area (Å²) in [5, 5.41) is 0.636. The number of amides is 1. The fraction of sp³-hybridized carbons (Fsp3) is 0.188. The van der Waals surface area contributed by atoms with Gasteiger partial charge in [0.2, 0.25) is 0 Å². The van der Waals surface area contributed by atoms with Gasteiger partial charge in [-0.1, -0.05) is 29.8 Å². The first-order valence-corrected chi connectivity index (χ1v) is 6.89. The third kappa shape index (κ3) is 4.21. The van der Waals surface area contributed by atoms with Crippen molar-refractivity contribution in [1.82, 2.24) is 0 Å². The molecule has 0 aliphatic heterocycles. The molecule has 0 heterocycles. The Bertz CT molecular complexity index is 614. The molecule has 0 aromatic heterocycles. The first kappa shape index (κ1) is 15.4. The van der Waals surface area contributed by atoms with Crippen LogP contribution in [0.3, 0.4) is 0 Å². The van der Waals surface area contributed by atoms with Gasteiger partial charge in [-0.15, -0.1) is 0 Å². The van der Waals surface area contributed by atoms with Gasteiger partial charge in [0.05, 0.1) is 6.61 Å². The second-order valence-corrected chi connectivity index (χ2v) is 5.04. The number of likely N-dealkylation sites (N-methyl/N-ethyl adjacent to an activating group) is 1. The highest BCUT2D eigenvalue weighted by Gasteiger charge is 2.11. The molecule has 2 aromatic rings. The van der Waals surface area contributed by atoms with Crippen molar-refractivity contribution >= 4 is 28.9 Å². The minimum atomic E-state index is -0.133. The topological polar surface area (TPSA) is 55.6 Å². The number of benzene rings is 2. The number of ether oxygens (including phenoxy) is 1. The summed E-state index contributed by atoms with van der Waals surface area (Å²) < 4.78 is 5.43. The molecule has 0 spiro atoms. The smallest absolute Gasteiger partial charge is 0.252 e. The van der Waals surface area contributed by atoms with Crippen LogP contribution in [-0.4, -0.2) is 19.6 Å².